The zero-order chi connectivity index (χ0) is 13.3. The van der Waals surface area contributed by atoms with Gasteiger partial charge in [-0.25, -0.2) is 0 Å². The van der Waals surface area contributed by atoms with E-state index in [4.69, 9.17) is 11.6 Å². The molecule has 0 bridgehead atoms. The molecule has 17 heavy (non-hydrogen) atoms. The summed E-state index contributed by atoms with van der Waals surface area (Å²) in [6.07, 6.45) is -10.6. The molecule has 1 nitrogen and oxygen atoms in total. The number of alkyl halides is 6. The second kappa shape index (κ2) is 4.64. The van der Waals surface area contributed by atoms with E-state index in [1.54, 1.807) is 0 Å². The Morgan fingerprint density at radius 2 is 1.65 bits per heavy atom. The Balaban J connectivity index is 2.87. The van der Waals surface area contributed by atoms with E-state index in [1.165, 1.54) is 0 Å². The van der Waals surface area contributed by atoms with Crippen LogP contribution in [-0.2, 0) is 6.42 Å². The van der Waals surface area contributed by atoms with Crippen molar-refractivity contribution in [3.05, 3.63) is 28.8 Å². The highest BCUT2D eigenvalue weighted by Crippen LogP contribution is 2.32. The summed E-state index contributed by atoms with van der Waals surface area (Å²) >= 11 is 5.37. The van der Waals surface area contributed by atoms with E-state index in [0.717, 1.165) is 18.2 Å². The van der Waals surface area contributed by atoms with Crippen LogP contribution in [0.1, 0.15) is 5.56 Å². The number of rotatable bonds is 2. The number of ether oxygens (including phenoxy) is 1. The van der Waals surface area contributed by atoms with Crippen molar-refractivity contribution in [2.24, 2.45) is 0 Å². The Hall–Kier alpha value is -1.11. The molecule has 1 rings (SSSR count). The van der Waals surface area contributed by atoms with Gasteiger partial charge in [0.25, 0.3) is 0 Å². The van der Waals surface area contributed by atoms with E-state index in [-0.39, 0.29) is 5.56 Å². The van der Waals surface area contributed by atoms with Crippen LogP contribution in [0.4, 0.5) is 26.3 Å². The maximum atomic E-state index is 12.0. The lowest BCUT2D eigenvalue weighted by molar-refractivity contribution is -0.274. The average Bonchev–Trinajstić information content (AvgIpc) is 2.05. The van der Waals surface area contributed by atoms with E-state index >= 15 is 0 Å². The quantitative estimate of drug-likeness (QED) is 0.731. The first kappa shape index (κ1) is 14.0. The smallest absolute Gasteiger partial charge is 0.404 e. The van der Waals surface area contributed by atoms with Crippen molar-refractivity contribution in [2.75, 3.05) is 0 Å². The number of hydrogen-bond acceptors (Lipinski definition) is 1. The van der Waals surface area contributed by atoms with Crippen molar-refractivity contribution >= 4 is 11.6 Å². The molecule has 0 N–H and O–H groups in total. The highest BCUT2D eigenvalue weighted by molar-refractivity contribution is 6.32. The summed E-state index contributed by atoms with van der Waals surface area (Å²) in [5.41, 5.74) is -0.239. The fourth-order valence-corrected chi connectivity index (χ4v) is 1.33. The lowest BCUT2D eigenvalue weighted by Crippen LogP contribution is -2.17. The van der Waals surface area contributed by atoms with Gasteiger partial charge in [0.15, 0.2) is 0 Å². The minimum Gasteiger partial charge on any atom is -0.404 e. The standard InChI is InChI=1S/C9H5ClF6O/c10-6-3-5(4-8(11,12)13)1-2-7(6)17-9(14,15)16/h1-3H,4H2. The fourth-order valence-electron chi connectivity index (χ4n) is 1.09. The first-order valence-electron chi connectivity index (χ1n) is 4.18. The summed E-state index contributed by atoms with van der Waals surface area (Å²) in [5.74, 6) is -0.731. The van der Waals surface area contributed by atoms with Crippen LogP contribution < -0.4 is 4.74 Å². The molecule has 0 atom stereocenters. The molecule has 0 amide bonds. The number of hydrogen-bond donors (Lipinski definition) is 0. The van der Waals surface area contributed by atoms with Crippen molar-refractivity contribution in [3.8, 4) is 5.75 Å². The Labute approximate surface area is 96.9 Å². The Bertz CT molecular complexity index is 397. The van der Waals surface area contributed by atoms with Gasteiger partial charge in [-0.2, -0.15) is 13.2 Å². The highest BCUT2D eigenvalue weighted by Gasteiger charge is 2.32. The van der Waals surface area contributed by atoms with Crippen molar-refractivity contribution < 1.29 is 31.1 Å². The van der Waals surface area contributed by atoms with Gasteiger partial charge in [0.2, 0.25) is 0 Å². The van der Waals surface area contributed by atoms with Gasteiger partial charge in [0.1, 0.15) is 5.75 Å². The topological polar surface area (TPSA) is 9.23 Å². The van der Waals surface area contributed by atoms with Crippen LogP contribution in [0.5, 0.6) is 5.75 Å². The molecule has 0 fully saturated rings. The first-order valence-corrected chi connectivity index (χ1v) is 4.55. The minimum absolute atomic E-state index is 0.239. The van der Waals surface area contributed by atoms with Crippen LogP contribution in [-0.4, -0.2) is 12.5 Å². The molecule has 0 aliphatic heterocycles. The largest absolute Gasteiger partial charge is 0.573 e. The van der Waals surface area contributed by atoms with Gasteiger partial charge in [0.05, 0.1) is 11.4 Å². The zero-order valence-electron chi connectivity index (χ0n) is 7.99. The molecular formula is C9H5ClF6O. The van der Waals surface area contributed by atoms with Gasteiger partial charge < -0.3 is 4.74 Å². The van der Waals surface area contributed by atoms with E-state index < -0.39 is 29.7 Å². The highest BCUT2D eigenvalue weighted by atomic mass is 35.5. The van der Waals surface area contributed by atoms with E-state index in [2.05, 4.69) is 4.74 Å². The SMILES string of the molecule is FC(F)(F)Cc1ccc(OC(F)(F)F)c(Cl)c1. The van der Waals surface area contributed by atoms with Gasteiger partial charge in [-0.15, -0.1) is 13.2 Å². The first-order chi connectivity index (χ1) is 7.57. The molecule has 0 saturated carbocycles. The molecule has 0 unspecified atom stereocenters. The normalized spacial score (nSPS) is 12.6. The van der Waals surface area contributed by atoms with Crippen molar-refractivity contribution in [3.63, 3.8) is 0 Å². The third-order valence-corrected chi connectivity index (χ3v) is 1.92. The van der Waals surface area contributed by atoms with Gasteiger partial charge in [-0.1, -0.05) is 17.7 Å². The zero-order valence-corrected chi connectivity index (χ0v) is 8.75. The maximum absolute atomic E-state index is 12.0. The Morgan fingerprint density at radius 1 is 1.06 bits per heavy atom. The summed E-state index contributed by atoms with van der Waals surface area (Å²) in [6, 6.07) is 2.41. The molecule has 0 saturated heterocycles. The lowest BCUT2D eigenvalue weighted by Gasteiger charge is -2.12. The molecule has 0 heterocycles. The number of halogens is 7. The van der Waals surface area contributed by atoms with Crippen molar-refractivity contribution in [1.82, 2.24) is 0 Å². The number of benzene rings is 1. The summed E-state index contributed by atoms with van der Waals surface area (Å²) in [6.45, 7) is 0. The van der Waals surface area contributed by atoms with E-state index in [9.17, 15) is 26.3 Å². The van der Waals surface area contributed by atoms with E-state index in [1.807, 2.05) is 0 Å². The van der Waals surface area contributed by atoms with Crippen LogP contribution in [0.15, 0.2) is 18.2 Å². The molecule has 0 aliphatic carbocycles. The molecule has 0 aliphatic rings. The fraction of sp³-hybridized carbons (Fsp3) is 0.333. The molecule has 1 aromatic carbocycles. The van der Waals surface area contributed by atoms with Crippen LogP contribution in [0.25, 0.3) is 0 Å². The van der Waals surface area contributed by atoms with Crippen LogP contribution in [0.3, 0.4) is 0 Å². The third kappa shape index (κ3) is 5.16. The van der Waals surface area contributed by atoms with Gasteiger partial charge >= 0.3 is 12.5 Å². The second-order valence-corrected chi connectivity index (χ2v) is 3.51. The second-order valence-electron chi connectivity index (χ2n) is 3.10. The molecule has 0 aromatic heterocycles. The predicted molar refractivity (Wildman–Crippen MR) is 47.9 cm³/mol. The molecule has 8 heteroatoms. The van der Waals surface area contributed by atoms with Crippen LogP contribution in [0, 0.1) is 0 Å². The summed E-state index contributed by atoms with van der Waals surface area (Å²) < 4.78 is 75.0. The van der Waals surface area contributed by atoms with Gasteiger partial charge in [-0.05, 0) is 17.7 Å². The van der Waals surface area contributed by atoms with Gasteiger partial charge in [0, 0.05) is 0 Å². The molecule has 0 radical (unpaired) electrons. The monoisotopic (exact) mass is 278 g/mol. The summed E-state index contributed by atoms with van der Waals surface area (Å²) in [4.78, 5) is 0. The van der Waals surface area contributed by atoms with Gasteiger partial charge in [-0.3, -0.25) is 0 Å². The Kier molecular flexibility index (Phi) is 3.81. The Morgan fingerprint density at radius 3 is 2.06 bits per heavy atom. The molecule has 0 spiro atoms. The molecule has 1 aromatic rings. The summed E-state index contributed by atoms with van der Waals surface area (Å²) in [5, 5.41) is -0.524. The lowest BCUT2D eigenvalue weighted by atomic mass is 10.1. The van der Waals surface area contributed by atoms with Crippen LogP contribution in [0.2, 0.25) is 5.02 Å². The predicted octanol–water partition coefficient (Wildman–Crippen LogP) is 4.34. The molecular weight excluding hydrogens is 274 g/mol. The van der Waals surface area contributed by atoms with Crippen molar-refractivity contribution in [1.29, 1.82) is 0 Å². The average molecular weight is 279 g/mol. The van der Waals surface area contributed by atoms with Crippen LogP contribution >= 0.6 is 11.6 Å². The summed E-state index contributed by atoms with van der Waals surface area (Å²) in [7, 11) is 0. The maximum Gasteiger partial charge on any atom is 0.573 e. The van der Waals surface area contributed by atoms with Crippen molar-refractivity contribution in [2.45, 2.75) is 19.0 Å². The van der Waals surface area contributed by atoms with E-state index in [0.29, 0.717) is 0 Å². The minimum atomic E-state index is -4.94. The molecule has 96 valence electrons. The third-order valence-electron chi connectivity index (χ3n) is 1.63.